The van der Waals surface area contributed by atoms with Gasteiger partial charge in [0.1, 0.15) is 0 Å². The summed E-state index contributed by atoms with van der Waals surface area (Å²) in [5.74, 6) is 0. The molecule has 4 nitrogen and oxygen atoms in total. The lowest BCUT2D eigenvalue weighted by atomic mass is 10.1. The lowest BCUT2D eigenvalue weighted by molar-refractivity contribution is 0.188. The Morgan fingerprint density at radius 1 is 1.10 bits per heavy atom. The molecule has 118 valence electrons. The van der Waals surface area contributed by atoms with Crippen LogP contribution >= 0.6 is 0 Å². The van der Waals surface area contributed by atoms with Crippen molar-refractivity contribution in [2.75, 3.05) is 44.2 Å². The van der Waals surface area contributed by atoms with Gasteiger partial charge >= 0.3 is 0 Å². The molecule has 1 aliphatic rings. The number of hydrogen-bond acceptors (Lipinski definition) is 4. The van der Waals surface area contributed by atoms with E-state index in [4.69, 9.17) is 5.11 Å². The van der Waals surface area contributed by atoms with Gasteiger partial charge in [0, 0.05) is 50.5 Å². The van der Waals surface area contributed by atoms with Gasteiger partial charge in [-0.25, -0.2) is 0 Å². The Balaban J connectivity index is 2.00. The number of nitrogens with zero attached hydrogens (tertiary/aromatic N) is 2. The molecule has 0 atom stereocenters. The average Bonchev–Trinajstić information content (AvgIpc) is 2.46. The predicted molar refractivity (Wildman–Crippen MR) is 88.8 cm³/mol. The fourth-order valence-electron chi connectivity index (χ4n) is 2.68. The van der Waals surface area contributed by atoms with Gasteiger partial charge in [-0.2, -0.15) is 0 Å². The van der Waals surface area contributed by atoms with E-state index in [2.05, 4.69) is 60.2 Å². The molecule has 1 fully saturated rings. The first-order chi connectivity index (χ1) is 9.99. The molecule has 0 aromatic heterocycles. The average molecular weight is 291 g/mol. The Labute approximate surface area is 128 Å². The summed E-state index contributed by atoms with van der Waals surface area (Å²) < 4.78 is 0. The van der Waals surface area contributed by atoms with Crippen molar-refractivity contribution in [3.63, 3.8) is 0 Å². The number of para-hydroxylation sites is 1. The van der Waals surface area contributed by atoms with E-state index in [-0.39, 0.29) is 12.1 Å². The topological polar surface area (TPSA) is 38.7 Å². The highest BCUT2D eigenvalue weighted by Gasteiger charge is 2.19. The minimum absolute atomic E-state index is 0.132. The molecule has 0 radical (unpaired) electrons. The van der Waals surface area contributed by atoms with Crippen LogP contribution in [0.15, 0.2) is 24.3 Å². The number of β-amino-alcohol motifs (C(OH)–C–C–N with tert-alkyl or cyclic N) is 1. The Kier molecular flexibility index (Phi) is 5.62. The Hall–Kier alpha value is -1.10. The van der Waals surface area contributed by atoms with Crippen LogP contribution in [0.1, 0.15) is 26.3 Å². The van der Waals surface area contributed by atoms with Crippen molar-refractivity contribution in [1.29, 1.82) is 0 Å². The summed E-state index contributed by atoms with van der Waals surface area (Å²) in [7, 11) is 0. The second-order valence-corrected chi connectivity index (χ2v) is 6.78. The maximum Gasteiger partial charge on any atom is 0.0558 e. The molecule has 1 aromatic rings. The second-order valence-electron chi connectivity index (χ2n) is 6.78. The maximum atomic E-state index is 9.03. The molecular formula is C17H29N3O. The third-order valence-electron chi connectivity index (χ3n) is 3.93. The Bertz CT molecular complexity index is 434. The van der Waals surface area contributed by atoms with E-state index < -0.39 is 0 Å². The van der Waals surface area contributed by atoms with Gasteiger partial charge in [0.15, 0.2) is 0 Å². The molecule has 0 bridgehead atoms. The number of nitrogens with one attached hydrogen (secondary N) is 1. The van der Waals surface area contributed by atoms with E-state index in [9.17, 15) is 0 Å². The SMILES string of the molecule is CC(C)(C)NCc1ccccc1N1CCN(CCO)CC1. The highest BCUT2D eigenvalue weighted by Crippen LogP contribution is 2.22. The normalized spacial score (nSPS) is 17.2. The molecule has 4 heteroatoms. The quantitative estimate of drug-likeness (QED) is 0.866. The minimum atomic E-state index is 0.132. The van der Waals surface area contributed by atoms with E-state index in [1.165, 1.54) is 11.3 Å². The molecule has 0 amide bonds. The number of benzene rings is 1. The first-order valence-electron chi connectivity index (χ1n) is 7.91. The zero-order chi connectivity index (χ0) is 15.3. The molecule has 1 aliphatic heterocycles. The van der Waals surface area contributed by atoms with E-state index in [0.717, 1.165) is 39.3 Å². The van der Waals surface area contributed by atoms with Gasteiger partial charge in [-0.05, 0) is 32.4 Å². The number of anilines is 1. The van der Waals surface area contributed by atoms with Crippen LogP contribution in [-0.2, 0) is 6.54 Å². The van der Waals surface area contributed by atoms with Crippen LogP contribution in [0.3, 0.4) is 0 Å². The van der Waals surface area contributed by atoms with Crippen molar-refractivity contribution in [2.24, 2.45) is 0 Å². The molecule has 1 heterocycles. The van der Waals surface area contributed by atoms with Crippen molar-refractivity contribution in [2.45, 2.75) is 32.9 Å². The van der Waals surface area contributed by atoms with Crippen LogP contribution in [0.2, 0.25) is 0 Å². The van der Waals surface area contributed by atoms with Crippen LogP contribution in [0.4, 0.5) is 5.69 Å². The third-order valence-corrected chi connectivity index (χ3v) is 3.93. The fourth-order valence-corrected chi connectivity index (χ4v) is 2.68. The van der Waals surface area contributed by atoms with Crippen molar-refractivity contribution < 1.29 is 5.11 Å². The monoisotopic (exact) mass is 291 g/mol. The summed E-state index contributed by atoms with van der Waals surface area (Å²) in [6.07, 6.45) is 0. The summed E-state index contributed by atoms with van der Waals surface area (Å²) in [5, 5.41) is 12.6. The van der Waals surface area contributed by atoms with E-state index in [0.29, 0.717) is 0 Å². The molecule has 1 saturated heterocycles. The summed E-state index contributed by atoms with van der Waals surface area (Å²) in [6, 6.07) is 8.68. The van der Waals surface area contributed by atoms with Crippen LogP contribution in [0.5, 0.6) is 0 Å². The van der Waals surface area contributed by atoms with Gasteiger partial charge in [-0.3, -0.25) is 4.90 Å². The van der Waals surface area contributed by atoms with Gasteiger partial charge in [-0.1, -0.05) is 18.2 Å². The fraction of sp³-hybridized carbons (Fsp3) is 0.647. The molecule has 2 rings (SSSR count). The number of rotatable bonds is 5. The largest absolute Gasteiger partial charge is 0.395 e. The highest BCUT2D eigenvalue weighted by atomic mass is 16.3. The van der Waals surface area contributed by atoms with Crippen LogP contribution < -0.4 is 10.2 Å². The molecule has 2 N–H and O–H groups in total. The van der Waals surface area contributed by atoms with E-state index in [1.54, 1.807) is 0 Å². The molecule has 0 aliphatic carbocycles. The van der Waals surface area contributed by atoms with Crippen molar-refractivity contribution in [3.8, 4) is 0 Å². The Morgan fingerprint density at radius 3 is 2.38 bits per heavy atom. The molecule has 0 unspecified atom stereocenters. The number of aliphatic hydroxyl groups excluding tert-OH is 1. The standard InChI is InChI=1S/C17H29N3O/c1-17(2,3)18-14-15-6-4-5-7-16(15)20-10-8-19(9-11-20)12-13-21/h4-7,18,21H,8-14H2,1-3H3. The van der Waals surface area contributed by atoms with Crippen molar-refractivity contribution >= 4 is 5.69 Å². The van der Waals surface area contributed by atoms with Crippen LogP contribution in [0, 0.1) is 0 Å². The van der Waals surface area contributed by atoms with Crippen LogP contribution in [0.25, 0.3) is 0 Å². The second kappa shape index (κ2) is 7.25. The van der Waals surface area contributed by atoms with Gasteiger partial charge in [-0.15, -0.1) is 0 Å². The third kappa shape index (κ3) is 4.99. The molecule has 0 saturated carbocycles. The molecule has 21 heavy (non-hydrogen) atoms. The van der Waals surface area contributed by atoms with Gasteiger partial charge in [0.2, 0.25) is 0 Å². The zero-order valence-electron chi connectivity index (χ0n) is 13.6. The zero-order valence-corrected chi connectivity index (χ0v) is 13.6. The van der Waals surface area contributed by atoms with Crippen molar-refractivity contribution in [1.82, 2.24) is 10.2 Å². The summed E-state index contributed by atoms with van der Waals surface area (Å²) >= 11 is 0. The smallest absolute Gasteiger partial charge is 0.0558 e. The van der Waals surface area contributed by atoms with Gasteiger partial charge in [0.05, 0.1) is 6.61 Å². The minimum Gasteiger partial charge on any atom is -0.395 e. The van der Waals surface area contributed by atoms with Crippen molar-refractivity contribution in [3.05, 3.63) is 29.8 Å². The number of piperazine rings is 1. The molecular weight excluding hydrogens is 262 g/mol. The lowest BCUT2D eigenvalue weighted by Crippen LogP contribution is -2.47. The van der Waals surface area contributed by atoms with Gasteiger partial charge < -0.3 is 15.3 Å². The van der Waals surface area contributed by atoms with E-state index >= 15 is 0 Å². The Morgan fingerprint density at radius 2 is 1.76 bits per heavy atom. The van der Waals surface area contributed by atoms with E-state index in [1.807, 2.05) is 0 Å². The summed E-state index contributed by atoms with van der Waals surface area (Å²) in [4.78, 5) is 4.79. The van der Waals surface area contributed by atoms with Crippen LogP contribution in [-0.4, -0.2) is 54.9 Å². The predicted octanol–water partition coefficient (Wildman–Crippen LogP) is 1.69. The maximum absolute atomic E-state index is 9.03. The first kappa shape index (κ1) is 16.3. The van der Waals surface area contributed by atoms with Gasteiger partial charge in [0.25, 0.3) is 0 Å². The highest BCUT2D eigenvalue weighted by molar-refractivity contribution is 5.54. The summed E-state index contributed by atoms with van der Waals surface area (Å²) in [5.41, 5.74) is 2.84. The number of aliphatic hydroxyl groups is 1. The molecule has 0 spiro atoms. The summed E-state index contributed by atoms with van der Waals surface area (Å²) in [6.45, 7) is 12.7. The number of hydrogen-bond donors (Lipinski definition) is 2. The first-order valence-corrected chi connectivity index (χ1v) is 7.91. The molecule has 1 aromatic carbocycles. The lowest BCUT2D eigenvalue weighted by Gasteiger charge is -2.37.